The Bertz CT molecular complexity index is 5740. The Kier molecular flexibility index (Phi) is 35.6. The number of carbonyl (C=O) groups is 3. The van der Waals surface area contributed by atoms with E-state index in [1.54, 1.807) is 15.8 Å². The number of hydrogen-bond acceptors (Lipinski definition) is 33. The molecule has 2 aliphatic heterocycles. The van der Waals surface area contributed by atoms with Gasteiger partial charge in [0.05, 0.1) is 82.1 Å². The number of ether oxygens (including phenoxy) is 2. The van der Waals surface area contributed by atoms with Gasteiger partial charge in [-0.3, -0.25) is 89.2 Å². The number of aryl methyl sites for hydroxylation is 4. The number of aliphatic hydroxyl groups is 2. The van der Waals surface area contributed by atoms with Crippen molar-refractivity contribution in [1.29, 1.82) is 0 Å². The first-order valence-corrected chi connectivity index (χ1v) is 51.5. The van der Waals surface area contributed by atoms with E-state index in [2.05, 4.69) is 45.9 Å². The lowest BCUT2D eigenvalue weighted by Crippen LogP contribution is -2.33. The van der Waals surface area contributed by atoms with Gasteiger partial charge in [-0.1, -0.05) is 55.3 Å². The van der Waals surface area contributed by atoms with Crippen LogP contribution in [0.4, 0.5) is 5.69 Å². The Hall–Kier alpha value is -6.78. The summed E-state index contributed by atoms with van der Waals surface area (Å²) in [5.41, 5.74) is 0.639. The van der Waals surface area contributed by atoms with E-state index >= 15 is 0 Å². The van der Waals surface area contributed by atoms with Crippen LogP contribution in [0.5, 0.6) is 0 Å². The molecule has 2 aliphatic carbocycles. The second-order valence-electron chi connectivity index (χ2n) is 30.2. The number of rotatable bonds is 49. The number of aromatic nitrogens is 8. The van der Waals surface area contributed by atoms with Crippen LogP contribution in [-0.4, -0.2) is 183 Å². The van der Waals surface area contributed by atoms with Gasteiger partial charge < -0.3 is 69.1 Å². The normalized spacial score (nSPS) is 23.2. The molecule has 58 heteroatoms. The number of carbonyl (C=O) groups excluding carboxylic acids is 3. The predicted molar refractivity (Wildman–Crippen MR) is 439 cm³/mol. The predicted octanol–water partition coefficient (Wildman–Crippen LogP) is 6.29. The quantitative estimate of drug-likeness (QED) is 0.0147. The monoisotopic (exact) mass is 1950 g/mol. The molecule has 1 saturated heterocycles. The van der Waals surface area contributed by atoms with Crippen molar-refractivity contribution < 1.29 is 158 Å². The Morgan fingerprint density at radius 1 is 0.488 bits per heavy atom. The van der Waals surface area contributed by atoms with E-state index < -0.39 is 184 Å². The number of phosphoric acid groups is 8. The molecular formula is C69H98N10O40P8. The zero-order chi connectivity index (χ0) is 92.8. The Morgan fingerprint density at radius 2 is 1.00 bits per heavy atom. The number of nitrogens with zero attached hydrogens (tertiary/aromatic N) is 6. The lowest BCUT2D eigenvalue weighted by molar-refractivity contribution is -0.121. The van der Waals surface area contributed by atoms with E-state index in [4.69, 9.17) is 32.7 Å². The fourth-order valence-corrected chi connectivity index (χ4v) is 24.2. The summed E-state index contributed by atoms with van der Waals surface area (Å²) in [5, 5.41) is 28.7. The smallest absolute Gasteiger partial charge is 0.393 e. The van der Waals surface area contributed by atoms with Crippen LogP contribution < -0.4 is 44.0 Å². The maximum atomic E-state index is 14.3. The van der Waals surface area contributed by atoms with Gasteiger partial charge in [-0.05, 0) is 96.6 Å². The summed E-state index contributed by atoms with van der Waals surface area (Å²) < 4.78 is 167. The number of Topliss-reactive ketones (excluding diaryl/α,β-unsaturated/α-hetero) is 1. The van der Waals surface area contributed by atoms with Crippen LogP contribution >= 0.6 is 62.6 Å². The molecule has 6 heterocycles. The SMILES string of the molecule is Cc1cn([C@H]2CC(O)[C@@H](COP(=O)(O)OC3C[C@H](n4cc(C)c(=O)[nH]c4=O)C[C@@H]3COP(=O)(O)OCCOCCCC(=O)CCCCC(=O)N3Cc4ccccc4-c4c(cnn4CCCC(=O)NCCCCCCOP(=O)(O)OP(=O)(O)OP(=O)(O)OP(=O)(O)OP(=O)(O)OP(=O)(O)OC[C@@H]4O[C@H](n5cc(C)c(=O)[nH]c5=O)C[C@@H]4O)-c4ccccc43)C2)c(=O)[nH]c1=O. The third-order valence-electron chi connectivity index (χ3n) is 20.6. The minimum Gasteiger partial charge on any atom is -0.393 e. The zero-order valence-electron chi connectivity index (χ0n) is 68.2. The van der Waals surface area contributed by atoms with Crippen molar-refractivity contribution in [3.05, 3.63) is 158 Å². The van der Waals surface area contributed by atoms with Crippen molar-refractivity contribution in [1.82, 2.24) is 43.8 Å². The molecule has 4 aromatic heterocycles. The first-order valence-electron chi connectivity index (χ1n) is 39.5. The minimum atomic E-state index is -6.57. The van der Waals surface area contributed by atoms with Gasteiger partial charge in [0, 0.05) is 128 Å². The number of hydrogen-bond donors (Lipinski definition) is 14. The number of aliphatic hydroxyl groups excluding tert-OH is 2. The summed E-state index contributed by atoms with van der Waals surface area (Å²) in [6, 6.07) is 13.6. The third kappa shape index (κ3) is 30.1. The highest BCUT2D eigenvalue weighted by atomic mass is 31.3. The van der Waals surface area contributed by atoms with Crippen molar-refractivity contribution in [2.75, 3.05) is 57.7 Å². The number of benzene rings is 2. The van der Waals surface area contributed by atoms with Crippen molar-refractivity contribution in [2.24, 2.45) is 11.8 Å². The van der Waals surface area contributed by atoms with Gasteiger partial charge in [0.2, 0.25) is 11.8 Å². The molecule has 6 aromatic rings. The van der Waals surface area contributed by atoms with E-state index in [1.807, 2.05) is 53.5 Å². The van der Waals surface area contributed by atoms with Crippen molar-refractivity contribution >= 4 is 85.9 Å². The number of para-hydroxylation sites is 1. The number of ketones is 1. The Labute approximate surface area is 720 Å². The van der Waals surface area contributed by atoms with Gasteiger partial charge in [-0.25, -0.2) is 50.9 Å². The second kappa shape index (κ2) is 44.2. The van der Waals surface area contributed by atoms with Crippen molar-refractivity contribution in [3.8, 4) is 22.4 Å². The number of H-pyrrole nitrogens is 3. The number of unbranched alkanes of at least 4 members (excludes halogenated alkanes) is 4. The minimum absolute atomic E-state index is 0.00683. The molecule has 704 valence electrons. The van der Waals surface area contributed by atoms with Crippen LogP contribution in [0, 0.1) is 32.6 Å². The van der Waals surface area contributed by atoms with Gasteiger partial charge in [-0.2, -0.15) is 26.7 Å². The molecule has 0 bridgehead atoms. The summed E-state index contributed by atoms with van der Waals surface area (Å²) in [4.78, 5) is 203. The number of aromatic amines is 3. The van der Waals surface area contributed by atoms with Gasteiger partial charge >= 0.3 is 79.7 Å². The van der Waals surface area contributed by atoms with E-state index in [9.17, 15) is 129 Å². The first kappa shape index (κ1) is 102. The molecule has 2 aromatic carbocycles. The Morgan fingerprint density at radius 3 is 1.64 bits per heavy atom. The van der Waals surface area contributed by atoms with Gasteiger partial charge in [0.1, 0.15) is 18.1 Å². The maximum Gasteiger partial charge on any atom is 0.490 e. The molecule has 50 nitrogen and oxygen atoms in total. The summed E-state index contributed by atoms with van der Waals surface area (Å²) in [5.74, 6) is -2.22. The average Bonchev–Trinajstić information content (AvgIpc) is 1.68. The zero-order valence-corrected chi connectivity index (χ0v) is 75.4. The van der Waals surface area contributed by atoms with Crippen LogP contribution in [0.25, 0.3) is 22.4 Å². The molecule has 127 heavy (non-hydrogen) atoms. The highest BCUT2D eigenvalue weighted by Gasteiger charge is 2.51. The highest BCUT2D eigenvalue weighted by Crippen LogP contribution is 2.75. The van der Waals surface area contributed by atoms with Crippen molar-refractivity contribution in [3.63, 3.8) is 0 Å². The molecule has 0 radical (unpaired) electrons. The van der Waals surface area contributed by atoms with Crippen LogP contribution in [0.3, 0.4) is 0 Å². The number of anilines is 1. The molecule has 14 N–H and O–H groups in total. The topological polar surface area (TPSA) is 708 Å². The standard InChI is InChI=1S/C69H98N10O40P8/c1-43-36-75(67(88)72-64(43)85)49-30-47(56(81)32-49)40-111-121(93,94)114-58-33-50(76-37-44(2)65(86)73-68(76)89)31-48(58)41-110-120(91,92)109-29-28-107-26-15-18-51(80)17-7-11-23-61(84)77-39-46-16-6-8-19-52(46)63-54(53-20-9-10-21-55(53)77)35-71-79(63)25-14-22-60(83)70-24-12-4-5-13-27-108-122(95,96)115-124(99,100)117-126(103,104)119-127(105,106)118-125(101,102)116-123(97,98)112-42-59-57(82)34-62(113-59)78-38-45(3)66(87)74-69(78)90/h6,8-10,16,19-21,35-38,47-50,56-59,62,81-82H,4-5,7,11-15,17-18,22-34,39-42H2,1-3H3,(H,70,83)(H,91,92)(H,93,94)(H,95,96)(H,97,98)(H,99,100)(H,101,102)(H,103,104)(H,105,106)(H,72,85,88)(H,73,86,89)(H,74,87,90)/t47-,48-,49-,50-,56?,57+,58?,59+,62+/m1/s1. The summed E-state index contributed by atoms with van der Waals surface area (Å²) in [6.45, 7) is 1.67. The van der Waals surface area contributed by atoms with Crippen LogP contribution in [0.1, 0.15) is 150 Å². The Balaban J connectivity index is 0.587. The van der Waals surface area contributed by atoms with E-state index in [0.717, 1.165) is 38.7 Å². The highest BCUT2D eigenvalue weighted by molar-refractivity contribution is 7.72. The molecule has 4 aliphatic rings. The van der Waals surface area contributed by atoms with Crippen LogP contribution in [-0.2, 0) is 122 Å². The lowest BCUT2D eigenvalue weighted by atomic mass is 9.93. The number of fused-ring (bicyclic) bond motifs is 5. The average molecular weight is 1960 g/mol. The fraction of sp³-hybridized carbons (Fsp3) is 0.565. The summed E-state index contributed by atoms with van der Waals surface area (Å²) in [7, 11) is -47.2. The molecular weight excluding hydrogens is 1860 g/mol. The molecule has 10 unspecified atom stereocenters. The van der Waals surface area contributed by atoms with Gasteiger partial charge in [0.15, 0.2) is 0 Å². The van der Waals surface area contributed by atoms with Crippen LogP contribution in [0.15, 0.2) is 102 Å². The number of amides is 2. The number of nitrogens with one attached hydrogen (secondary N) is 4. The number of phosphoric ester groups is 4. The van der Waals surface area contributed by atoms with Crippen molar-refractivity contribution in [2.45, 2.75) is 186 Å². The summed E-state index contributed by atoms with van der Waals surface area (Å²) >= 11 is 0. The maximum absolute atomic E-state index is 14.3. The second-order valence-corrected chi connectivity index (χ2v) is 42.4. The van der Waals surface area contributed by atoms with E-state index in [0.29, 0.717) is 50.8 Å². The molecule has 2 saturated carbocycles. The molecule has 10 rings (SSSR count). The van der Waals surface area contributed by atoms with E-state index in [1.165, 1.54) is 42.3 Å². The third-order valence-corrected chi connectivity index (χ3v) is 31.8. The largest absolute Gasteiger partial charge is 0.490 e. The first-order chi connectivity index (χ1) is 59.6. The van der Waals surface area contributed by atoms with Crippen LogP contribution in [0.2, 0.25) is 0 Å². The molecule has 2 amide bonds. The van der Waals surface area contributed by atoms with Gasteiger partial charge in [-0.15, -0.1) is 0 Å². The molecule has 3 fully saturated rings. The van der Waals surface area contributed by atoms with Gasteiger partial charge in [0.25, 0.3) is 16.7 Å². The summed E-state index contributed by atoms with van der Waals surface area (Å²) in [6.07, 6.45) is 1.60. The molecule has 0 spiro atoms. The molecule has 17 atom stereocenters. The fourth-order valence-electron chi connectivity index (χ4n) is 14.5. The lowest BCUT2D eigenvalue weighted by Gasteiger charge is -2.29. The van der Waals surface area contributed by atoms with E-state index in [-0.39, 0.29) is 131 Å².